The Bertz CT molecular complexity index is 1660. The number of carbonyl (C=O) groups excluding carboxylic acids is 2. The molecule has 1 aliphatic heterocycles. The number of nitriles is 1. The number of aliphatic carboxylic acids is 1. The molecule has 2 heterocycles. The van der Waals surface area contributed by atoms with Crippen LogP contribution >= 0.6 is 22.9 Å². The van der Waals surface area contributed by atoms with E-state index in [2.05, 4.69) is 11.4 Å². The number of hydrogen-bond donors (Lipinski definition) is 2. The van der Waals surface area contributed by atoms with Gasteiger partial charge in [0, 0.05) is 27.1 Å². The van der Waals surface area contributed by atoms with Crippen LogP contribution in [0, 0.1) is 24.2 Å². The first kappa shape index (κ1) is 28.1. The van der Waals surface area contributed by atoms with Crippen molar-refractivity contribution in [3.63, 3.8) is 0 Å². The van der Waals surface area contributed by atoms with Gasteiger partial charge in [-0.25, -0.2) is 9.59 Å². The third kappa shape index (κ3) is 5.10. The first-order valence-electron chi connectivity index (χ1n) is 12.9. The highest BCUT2D eigenvalue weighted by atomic mass is 35.5. The van der Waals surface area contributed by atoms with E-state index in [9.17, 15) is 24.8 Å². The summed E-state index contributed by atoms with van der Waals surface area (Å²) >= 11 is 7.60. The lowest BCUT2D eigenvalue weighted by atomic mass is 9.74. The Labute approximate surface area is 246 Å². The molecule has 3 aromatic carbocycles. The normalized spacial score (nSPS) is 21.7. The van der Waals surface area contributed by atoms with E-state index in [1.807, 2.05) is 18.4 Å². The minimum absolute atomic E-state index is 0.316. The number of amides is 2. The van der Waals surface area contributed by atoms with E-state index >= 15 is 0 Å². The summed E-state index contributed by atoms with van der Waals surface area (Å²) < 4.78 is 0. The molecule has 1 saturated heterocycles. The summed E-state index contributed by atoms with van der Waals surface area (Å²) in [6.07, 6.45) is 0. The van der Waals surface area contributed by atoms with Gasteiger partial charge in [-0.2, -0.15) is 5.26 Å². The summed E-state index contributed by atoms with van der Waals surface area (Å²) in [4.78, 5) is 43.9. The zero-order chi connectivity index (χ0) is 29.3. The van der Waals surface area contributed by atoms with Crippen LogP contribution in [0.15, 0.2) is 90.3 Å². The molecule has 4 atom stereocenters. The predicted octanol–water partition coefficient (Wildman–Crippen LogP) is 7.30. The van der Waals surface area contributed by atoms with Crippen LogP contribution in [0.3, 0.4) is 0 Å². The lowest BCUT2D eigenvalue weighted by Gasteiger charge is -2.37. The molecule has 206 valence electrons. The van der Waals surface area contributed by atoms with Crippen molar-refractivity contribution >= 4 is 46.4 Å². The van der Waals surface area contributed by atoms with Crippen LogP contribution in [0.5, 0.6) is 0 Å². The quantitative estimate of drug-likeness (QED) is 0.231. The van der Waals surface area contributed by atoms with Crippen LogP contribution in [0.25, 0.3) is 0 Å². The maximum atomic E-state index is 14.4. The molecular weight excluding hydrogens is 558 g/mol. The summed E-state index contributed by atoms with van der Waals surface area (Å²) in [6, 6.07) is 24.3. The van der Waals surface area contributed by atoms with Crippen molar-refractivity contribution in [1.29, 1.82) is 5.26 Å². The standard InChI is InChI=1S/C32H26ClN3O4S/c1-19-6-3-9-24(16-19)35-31(40)36-28(21-13-11-20(18-34)12-14-21)26(29(37)22-7-4-8-23(33)17-22)27(25-10-5-15-41-25)32(36,2)30(38)39/h3-17,26-28H,1-2H3,(H,35,40)(H,38,39). The van der Waals surface area contributed by atoms with Crippen molar-refractivity contribution in [3.8, 4) is 6.07 Å². The number of rotatable bonds is 6. The van der Waals surface area contributed by atoms with E-state index in [-0.39, 0.29) is 5.78 Å². The fourth-order valence-electron chi connectivity index (χ4n) is 5.77. The second kappa shape index (κ2) is 11.2. The molecule has 7 nitrogen and oxygen atoms in total. The molecule has 9 heteroatoms. The molecule has 1 aromatic heterocycles. The summed E-state index contributed by atoms with van der Waals surface area (Å²) in [5.41, 5.74) is 0.844. The van der Waals surface area contributed by atoms with Gasteiger partial charge in [0.05, 0.1) is 23.6 Å². The topological polar surface area (TPSA) is 111 Å². The number of aryl methyl sites for hydroxylation is 1. The van der Waals surface area contributed by atoms with Crippen LogP contribution in [0.2, 0.25) is 5.02 Å². The molecule has 0 aliphatic carbocycles. The highest BCUT2D eigenvalue weighted by molar-refractivity contribution is 7.10. The molecule has 0 bridgehead atoms. The lowest BCUT2D eigenvalue weighted by molar-refractivity contribution is -0.148. The Balaban J connectivity index is 1.76. The van der Waals surface area contributed by atoms with Crippen molar-refractivity contribution < 1.29 is 19.5 Å². The van der Waals surface area contributed by atoms with E-state index in [1.165, 1.54) is 23.2 Å². The number of likely N-dealkylation sites (tertiary alicyclic amines) is 1. The number of anilines is 1. The van der Waals surface area contributed by atoms with Crippen molar-refractivity contribution in [2.75, 3.05) is 5.32 Å². The first-order chi connectivity index (χ1) is 19.6. The number of urea groups is 1. The van der Waals surface area contributed by atoms with Crippen LogP contribution in [0.1, 0.15) is 50.8 Å². The maximum Gasteiger partial charge on any atom is 0.330 e. The fourth-order valence-corrected chi connectivity index (χ4v) is 6.96. The van der Waals surface area contributed by atoms with Gasteiger partial charge in [0.25, 0.3) is 0 Å². The molecule has 2 amide bonds. The van der Waals surface area contributed by atoms with E-state index in [0.29, 0.717) is 32.3 Å². The number of carboxylic acids is 1. The van der Waals surface area contributed by atoms with Gasteiger partial charge < -0.3 is 10.4 Å². The summed E-state index contributed by atoms with van der Waals surface area (Å²) in [7, 11) is 0. The summed E-state index contributed by atoms with van der Waals surface area (Å²) in [5, 5.41) is 25.3. The monoisotopic (exact) mass is 583 g/mol. The molecule has 4 aromatic rings. The molecule has 1 fully saturated rings. The van der Waals surface area contributed by atoms with E-state index in [0.717, 1.165) is 5.56 Å². The summed E-state index contributed by atoms with van der Waals surface area (Å²) in [6.45, 7) is 3.39. The van der Waals surface area contributed by atoms with Crippen LogP contribution in [-0.4, -0.2) is 33.3 Å². The zero-order valence-electron chi connectivity index (χ0n) is 22.2. The van der Waals surface area contributed by atoms with Crippen molar-refractivity contribution in [2.45, 2.75) is 31.3 Å². The van der Waals surface area contributed by atoms with Crippen molar-refractivity contribution in [1.82, 2.24) is 4.90 Å². The number of thiophene rings is 1. The Hall–Kier alpha value is -4.45. The van der Waals surface area contributed by atoms with Gasteiger partial charge in [-0.05, 0) is 72.8 Å². The second-order valence-electron chi connectivity index (χ2n) is 10.2. The Kier molecular flexibility index (Phi) is 7.68. The number of ketones is 1. The van der Waals surface area contributed by atoms with Gasteiger partial charge in [-0.3, -0.25) is 9.69 Å². The number of carboxylic acid groups (broad SMARTS) is 1. The SMILES string of the molecule is Cc1cccc(NC(=O)N2C(c3ccc(C#N)cc3)C(C(=O)c3cccc(Cl)c3)C(c3cccs3)C2(C)C(=O)O)c1. The fraction of sp³-hybridized carbons (Fsp3) is 0.188. The van der Waals surface area contributed by atoms with Gasteiger partial charge in [-0.1, -0.05) is 54.1 Å². The van der Waals surface area contributed by atoms with Crippen LogP contribution in [0.4, 0.5) is 10.5 Å². The van der Waals surface area contributed by atoms with E-state index in [4.69, 9.17) is 11.6 Å². The minimum Gasteiger partial charge on any atom is -0.479 e. The largest absolute Gasteiger partial charge is 0.479 e. The smallest absolute Gasteiger partial charge is 0.330 e. The molecule has 0 saturated carbocycles. The molecule has 41 heavy (non-hydrogen) atoms. The number of halogens is 1. The van der Waals surface area contributed by atoms with E-state index in [1.54, 1.807) is 78.9 Å². The molecule has 1 aliphatic rings. The van der Waals surface area contributed by atoms with Gasteiger partial charge in [-0.15, -0.1) is 11.3 Å². The predicted molar refractivity (Wildman–Crippen MR) is 158 cm³/mol. The number of nitrogens with zero attached hydrogens (tertiary/aromatic N) is 2. The van der Waals surface area contributed by atoms with Gasteiger partial charge in [0.1, 0.15) is 5.54 Å². The lowest BCUT2D eigenvalue weighted by Crippen LogP contribution is -2.55. The Morgan fingerprint density at radius 3 is 2.37 bits per heavy atom. The molecule has 4 unspecified atom stereocenters. The first-order valence-corrected chi connectivity index (χ1v) is 14.1. The molecule has 2 N–H and O–H groups in total. The number of benzene rings is 3. The number of hydrogen-bond acceptors (Lipinski definition) is 5. The minimum atomic E-state index is -1.82. The Morgan fingerprint density at radius 2 is 1.76 bits per heavy atom. The highest BCUT2D eigenvalue weighted by Crippen LogP contribution is 2.57. The molecule has 0 radical (unpaired) electrons. The van der Waals surface area contributed by atoms with Crippen molar-refractivity contribution in [2.24, 2.45) is 5.92 Å². The highest BCUT2D eigenvalue weighted by Gasteiger charge is 2.65. The number of Topliss-reactive ketones (excluding diaryl/α,β-unsaturated/α-hetero) is 1. The number of nitrogens with one attached hydrogen (secondary N) is 1. The Morgan fingerprint density at radius 1 is 1.02 bits per heavy atom. The molecule has 0 spiro atoms. The third-order valence-corrected chi connectivity index (χ3v) is 8.84. The van der Waals surface area contributed by atoms with Gasteiger partial charge in [0.2, 0.25) is 0 Å². The van der Waals surface area contributed by atoms with E-state index < -0.39 is 35.4 Å². The van der Waals surface area contributed by atoms with Crippen molar-refractivity contribution in [3.05, 3.63) is 122 Å². The summed E-state index contributed by atoms with van der Waals surface area (Å²) in [5.74, 6) is -3.45. The average Bonchev–Trinajstić information content (AvgIpc) is 3.57. The average molecular weight is 584 g/mol. The zero-order valence-corrected chi connectivity index (χ0v) is 23.8. The van der Waals surface area contributed by atoms with Crippen LogP contribution in [-0.2, 0) is 4.79 Å². The third-order valence-electron chi connectivity index (χ3n) is 7.65. The van der Waals surface area contributed by atoms with Gasteiger partial charge >= 0.3 is 12.0 Å². The number of carbonyl (C=O) groups is 3. The maximum absolute atomic E-state index is 14.4. The molecule has 5 rings (SSSR count). The molecular formula is C32H26ClN3O4S. The van der Waals surface area contributed by atoms with Gasteiger partial charge in [0.15, 0.2) is 5.78 Å². The second-order valence-corrected chi connectivity index (χ2v) is 11.6. The van der Waals surface area contributed by atoms with Crippen LogP contribution < -0.4 is 5.32 Å².